The number of anilines is 1. The van der Waals surface area contributed by atoms with Gasteiger partial charge in [-0.05, 0) is 13.3 Å². The maximum absolute atomic E-state index is 4.60. The SMILES string of the molecule is Cc1cncc(NC2CCc3nc(C(C)C)nn3C2)n1. The van der Waals surface area contributed by atoms with Gasteiger partial charge in [-0.2, -0.15) is 5.10 Å². The van der Waals surface area contributed by atoms with E-state index in [-0.39, 0.29) is 0 Å². The second-order valence-electron chi connectivity index (χ2n) is 5.65. The molecular formula is C14H20N6. The van der Waals surface area contributed by atoms with Gasteiger partial charge in [-0.1, -0.05) is 13.8 Å². The lowest BCUT2D eigenvalue weighted by Crippen LogP contribution is -2.32. The van der Waals surface area contributed by atoms with Gasteiger partial charge in [0.2, 0.25) is 0 Å². The summed E-state index contributed by atoms with van der Waals surface area (Å²) in [7, 11) is 0. The molecule has 1 aliphatic heterocycles. The molecule has 2 aromatic heterocycles. The van der Waals surface area contributed by atoms with Crippen LogP contribution in [-0.2, 0) is 13.0 Å². The Morgan fingerprint density at radius 1 is 1.30 bits per heavy atom. The molecule has 2 aromatic rings. The monoisotopic (exact) mass is 272 g/mol. The van der Waals surface area contributed by atoms with Gasteiger partial charge in [-0.25, -0.2) is 14.6 Å². The first kappa shape index (κ1) is 13.0. The fraction of sp³-hybridized carbons (Fsp3) is 0.571. The summed E-state index contributed by atoms with van der Waals surface area (Å²) in [6.07, 6.45) is 5.53. The van der Waals surface area contributed by atoms with Crippen molar-refractivity contribution in [1.29, 1.82) is 0 Å². The highest BCUT2D eigenvalue weighted by molar-refractivity contribution is 5.33. The number of hydrogen-bond donors (Lipinski definition) is 1. The maximum Gasteiger partial charge on any atom is 0.153 e. The molecular weight excluding hydrogens is 252 g/mol. The van der Waals surface area contributed by atoms with E-state index in [1.165, 1.54) is 0 Å². The molecule has 3 rings (SSSR count). The Labute approximate surface area is 118 Å². The molecule has 6 nitrogen and oxygen atoms in total. The number of nitrogens with zero attached hydrogens (tertiary/aromatic N) is 5. The molecule has 0 saturated heterocycles. The Morgan fingerprint density at radius 3 is 2.90 bits per heavy atom. The lowest BCUT2D eigenvalue weighted by Gasteiger charge is -2.23. The van der Waals surface area contributed by atoms with E-state index in [2.05, 4.69) is 39.2 Å². The van der Waals surface area contributed by atoms with Crippen LogP contribution in [0.2, 0.25) is 0 Å². The van der Waals surface area contributed by atoms with Gasteiger partial charge in [-0.3, -0.25) is 4.98 Å². The molecule has 0 saturated carbocycles. The summed E-state index contributed by atoms with van der Waals surface area (Å²) >= 11 is 0. The Kier molecular flexibility index (Phi) is 3.38. The molecule has 0 spiro atoms. The normalized spacial score (nSPS) is 18.1. The van der Waals surface area contributed by atoms with Gasteiger partial charge < -0.3 is 5.32 Å². The Morgan fingerprint density at radius 2 is 2.15 bits per heavy atom. The minimum atomic E-state index is 0.334. The smallest absolute Gasteiger partial charge is 0.153 e. The summed E-state index contributed by atoms with van der Waals surface area (Å²) in [4.78, 5) is 13.2. The molecule has 106 valence electrons. The topological polar surface area (TPSA) is 68.5 Å². The van der Waals surface area contributed by atoms with Crippen LogP contribution < -0.4 is 5.32 Å². The lowest BCUT2D eigenvalue weighted by molar-refractivity contribution is 0.439. The maximum atomic E-state index is 4.60. The molecule has 20 heavy (non-hydrogen) atoms. The third kappa shape index (κ3) is 2.64. The molecule has 0 aliphatic carbocycles. The van der Waals surface area contributed by atoms with Crippen LogP contribution in [0.3, 0.4) is 0 Å². The Balaban J connectivity index is 1.72. The molecule has 0 fully saturated rings. The van der Waals surface area contributed by atoms with Crippen LogP contribution in [0.4, 0.5) is 5.82 Å². The molecule has 1 unspecified atom stereocenters. The minimum absolute atomic E-state index is 0.334. The summed E-state index contributed by atoms with van der Waals surface area (Å²) < 4.78 is 2.03. The lowest BCUT2D eigenvalue weighted by atomic mass is 10.1. The Bertz CT molecular complexity index is 603. The van der Waals surface area contributed by atoms with Gasteiger partial charge in [-0.15, -0.1) is 0 Å². The standard InChI is InChI=1S/C14H20N6/c1-9(2)14-18-13-5-4-11(8-20(13)19-14)17-12-7-15-6-10(3)16-12/h6-7,9,11H,4-5,8H2,1-3H3,(H,16,17). The first-order valence-corrected chi connectivity index (χ1v) is 7.10. The van der Waals surface area contributed by atoms with Gasteiger partial charge in [0, 0.05) is 24.6 Å². The third-order valence-electron chi connectivity index (χ3n) is 3.50. The quantitative estimate of drug-likeness (QED) is 0.924. The molecule has 6 heteroatoms. The van der Waals surface area contributed by atoms with Gasteiger partial charge in [0.25, 0.3) is 0 Å². The number of fused-ring (bicyclic) bond motifs is 1. The van der Waals surface area contributed by atoms with Crippen LogP contribution in [0.5, 0.6) is 0 Å². The number of aryl methyl sites for hydroxylation is 2. The van der Waals surface area contributed by atoms with E-state index in [4.69, 9.17) is 0 Å². The number of rotatable bonds is 3. The molecule has 0 aromatic carbocycles. The Hall–Kier alpha value is -1.98. The average Bonchev–Trinajstić information content (AvgIpc) is 2.82. The highest BCUT2D eigenvalue weighted by atomic mass is 15.4. The van der Waals surface area contributed by atoms with Crippen LogP contribution in [-0.4, -0.2) is 30.8 Å². The predicted molar refractivity (Wildman–Crippen MR) is 76.6 cm³/mol. The molecule has 1 N–H and O–H groups in total. The van der Waals surface area contributed by atoms with E-state index in [1.807, 2.05) is 11.6 Å². The largest absolute Gasteiger partial charge is 0.364 e. The zero-order valence-corrected chi connectivity index (χ0v) is 12.2. The van der Waals surface area contributed by atoms with E-state index in [9.17, 15) is 0 Å². The summed E-state index contributed by atoms with van der Waals surface area (Å²) in [5.41, 5.74) is 0.925. The molecule has 1 aliphatic rings. The van der Waals surface area contributed by atoms with Crippen molar-refractivity contribution in [2.75, 3.05) is 5.32 Å². The highest BCUT2D eigenvalue weighted by Crippen LogP contribution is 2.19. The first-order chi connectivity index (χ1) is 9.61. The van der Waals surface area contributed by atoms with E-state index in [1.54, 1.807) is 12.4 Å². The summed E-state index contributed by atoms with van der Waals surface area (Å²) in [6, 6.07) is 0.334. The second kappa shape index (κ2) is 5.19. The van der Waals surface area contributed by atoms with Crippen molar-refractivity contribution in [3.8, 4) is 0 Å². The molecule has 0 bridgehead atoms. The van der Waals surface area contributed by atoms with Crippen molar-refractivity contribution < 1.29 is 0 Å². The fourth-order valence-corrected chi connectivity index (χ4v) is 2.43. The molecule has 3 heterocycles. The summed E-state index contributed by atoms with van der Waals surface area (Å²) in [6.45, 7) is 7.03. The fourth-order valence-electron chi connectivity index (χ4n) is 2.43. The number of aromatic nitrogens is 5. The predicted octanol–water partition coefficient (Wildman–Crippen LogP) is 1.93. The minimum Gasteiger partial charge on any atom is -0.364 e. The van der Waals surface area contributed by atoms with Crippen LogP contribution in [0.15, 0.2) is 12.4 Å². The first-order valence-electron chi connectivity index (χ1n) is 7.10. The van der Waals surface area contributed by atoms with Crippen LogP contribution >= 0.6 is 0 Å². The van der Waals surface area contributed by atoms with Crippen molar-refractivity contribution in [3.63, 3.8) is 0 Å². The van der Waals surface area contributed by atoms with Gasteiger partial charge in [0.1, 0.15) is 11.6 Å². The summed E-state index contributed by atoms with van der Waals surface area (Å²) in [5.74, 6) is 3.25. The van der Waals surface area contributed by atoms with Gasteiger partial charge >= 0.3 is 0 Å². The van der Waals surface area contributed by atoms with E-state index in [0.717, 1.165) is 42.5 Å². The van der Waals surface area contributed by atoms with Crippen LogP contribution in [0.25, 0.3) is 0 Å². The number of nitrogens with one attached hydrogen (secondary N) is 1. The van der Waals surface area contributed by atoms with Crippen molar-refractivity contribution in [2.45, 2.75) is 52.1 Å². The number of hydrogen-bond acceptors (Lipinski definition) is 5. The zero-order chi connectivity index (χ0) is 14.1. The molecule has 0 amide bonds. The zero-order valence-electron chi connectivity index (χ0n) is 12.2. The third-order valence-corrected chi connectivity index (χ3v) is 3.50. The van der Waals surface area contributed by atoms with Crippen molar-refractivity contribution in [2.24, 2.45) is 0 Å². The van der Waals surface area contributed by atoms with Gasteiger partial charge in [0.15, 0.2) is 5.82 Å². The van der Waals surface area contributed by atoms with E-state index >= 15 is 0 Å². The van der Waals surface area contributed by atoms with Crippen molar-refractivity contribution >= 4 is 5.82 Å². The highest BCUT2D eigenvalue weighted by Gasteiger charge is 2.22. The van der Waals surface area contributed by atoms with Gasteiger partial charge in [0.05, 0.1) is 18.4 Å². The second-order valence-corrected chi connectivity index (χ2v) is 5.65. The van der Waals surface area contributed by atoms with Crippen molar-refractivity contribution in [3.05, 3.63) is 29.7 Å². The molecule has 0 radical (unpaired) electrons. The van der Waals surface area contributed by atoms with E-state index < -0.39 is 0 Å². The van der Waals surface area contributed by atoms with E-state index in [0.29, 0.717) is 12.0 Å². The average molecular weight is 272 g/mol. The molecule has 1 atom stereocenters. The summed E-state index contributed by atoms with van der Waals surface area (Å²) in [5, 5.41) is 8.03. The van der Waals surface area contributed by atoms with Crippen LogP contribution in [0.1, 0.15) is 43.5 Å². The van der Waals surface area contributed by atoms with Crippen molar-refractivity contribution in [1.82, 2.24) is 24.7 Å². The van der Waals surface area contributed by atoms with Crippen LogP contribution in [0, 0.1) is 6.92 Å².